The van der Waals surface area contributed by atoms with Gasteiger partial charge in [0.2, 0.25) is 0 Å². The Bertz CT molecular complexity index is 536. The SMILES string of the molecule is O=C(O)c1nn(-c2ccc(F)cc2)cc1Br. The van der Waals surface area contributed by atoms with Crippen LogP contribution in [0.2, 0.25) is 0 Å². The smallest absolute Gasteiger partial charge is 0.357 e. The molecule has 1 N–H and O–H groups in total. The lowest BCUT2D eigenvalue weighted by Gasteiger charge is -1.99. The summed E-state index contributed by atoms with van der Waals surface area (Å²) in [4.78, 5) is 10.8. The van der Waals surface area contributed by atoms with Gasteiger partial charge in [-0.2, -0.15) is 5.10 Å². The maximum Gasteiger partial charge on any atom is 0.357 e. The Labute approximate surface area is 98.4 Å². The highest BCUT2D eigenvalue weighted by Gasteiger charge is 2.14. The normalized spacial score (nSPS) is 10.4. The topological polar surface area (TPSA) is 55.1 Å². The molecule has 0 spiro atoms. The van der Waals surface area contributed by atoms with Crippen LogP contribution in [0.4, 0.5) is 4.39 Å². The summed E-state index contributed by atoms with van der Waals surface area (Å²) in [6, 6.07) is 5.59. The molecule has 1 aromatic heterocycles. The number of hydrogen-bond acceptors (Lipinski definition) is 2. The Hall–Kier alpha value is -1.69. The first-order valence-electron chi connectivity index (χ1n) is 4.32. The molecule has 0 unspecified atom stereocenters. The second-order valence-electron chi connectivity index (χ2n) is 3.05. The molecule has 6 heteroatoms. The van der Waals surface area contributed by atoms with Crippen molar-refractivity contribution in [1.82, 2.24) is 9.78 Å². The standard InChI is InChI=1S/C10H6BrFN2O2/c11-8-5-14(13-9(8)10(15)16)7-3-1-6(12)2-4-7/h1-5H,(H,15,16). The number of benzene rings is 1. The minimum atomic E-state index is -1.12. The summed E-state index contributed by atoms with van der Waals surface area (Å²) in [5.41, 5.74) is 0.513. The molecule has 0 saturated carbocycles. The van der Waals surface area contributed by atoms with E-state index in [2.05, 4.69) is 21.0 Å². The van der Waals surface area contributed by atoms with Gasteiger partial charge in [0.1, 0.15) is 5.82 Å². The fourth-order valence-corrected chi connectivity index (χ4v) is 1.67. The van der Waals surface area contributed by atoms with Crippen LogP contribution in [0.1, 0.15) is 10.5 Å². The first-order chi connectivity index (χ1) is 7.58. The lowest BCUT2D eigenvalue weighted by atomic mass is 10.3. The van der Waals surface area contributed by atoms with E-state index in [0.717, 1.165) is 0 Å². The van der Waals surface area contributed by atoms with E-state index in [0.29, 0.717) is 10.2 Å². The average molecular weight is 285 g/mol. The van der Waals surface area contributed by atoms with E-state index in [1.807, 2.05) is 0 Å². The summed E-state index contributed by atoms with van der Waals surface area (Å²) in [7, 11) is 0. The first kappa shape index (κ1) is 10.8. The molecule has 0 amide bonds. The van der Waals surface area contributed by atoms with E-state index in [1.54, 1.807) is 0 Å². The number of aromatic nitrogens is 2. The first-order valence-corrected chi connectivity index (χ1v) is 5.11. The zero-order valence-electron chi connectivity index (χ0n) is 7.89. The van der Waals surface area contributed by atoms with E-state index in [9.17, 15) is 9.18 Å². The summed E-state index contributed by atoms with van der Waals surface area (Å²) in [6.45, 7) is 0. The molecule has 82 valence electrons. The van der Waals surface area contributed by atoms with Crippen LogP contribution in [0.5, 0.6) is 0 Å². The highest BCUT2D eigenvalue weighted by Crippen LogP contribution is 2.18. The van der Waals surface area contributed by atoms with E-state index in [1.165, 1.54) is 35.1 Å². The maximum atomic E-state index is 12.7. The van der Waals surface area contributed by atoms with Crippen LogP contribution in [0.15, 0.2) is 34.9 Å². The number of rotatable bonds is 2. The lowest BCUT2D eigenvalue weighted by Crippen LogP contribution is -2.01. The molecule has 4 nitrogen and oxygen atoms in total. The summed E-state index contributed by atoms with van der Waals surface area (Å²) in [6.07, 6.45) is 1.51. The third kappa shape index (κ3) is 1.96. The van der Waals surface area contributed by atoms with Gasteiger partial charge in [0.05, 0.1) is 10.2 Å². The van der Waals surface area contributed by atoms with Crippen molar-refractivity contribution in [3.8, 4) is 5.69 Å². The zero-order valence-corrected chi connectivity index (χ0v) is 9.48. The second-order valence-corrected chi connectivity index (χ2v) is 3.91. The summed E-state index contributed by atoms with van der Waals surface area (Å²) in [5, 5.41) is 12.7. The van der Waals surface area contributed by atoms with E-state index in [-0.39, 0.29) is 11.5 Å². The Balaban J connectivity index is 2.45. The predicted octanol–water partition coefficient (Wildman–Crippen LogP) is 2.47. The Morgan fingerprint density at radius 3 is 2.50 bits per heavy atom. The van der Waals surface area contributed by atoms with Crippen molar-refractivity contribution >= 4 is 21.9 Å². The summed E-state index contributed by atoms with van der Waals surface area (Å²) < 4.78 is 14.4. The van der Waals surface area contributed by atoms with Gasteiger partial charge in [-0.3, -0.25) is 0 Å². The predicted molar refractivity (Wildman–Crippen MR) is 58.2 cm³/mol. The van der Waals surface area contributed by atoms with Crippen molar-refractivity contribution in [2.45, 2.75) is 0 Å². The number of halogens is 2. The zero-order chi connectivity index (χ0) is 11.7. The number of carboxylic acid groups (broad SMARTS) is 1. The van der Waals surface area contributed by atoms with Gasteiger partial charge >= 0.3 is 5.97 Å². The number of hydrogen-bond donors (Lipinski definition) is 1. The molecular weight excluding hydrogens is 279 g/mol. The molecular formula is C10H6BrFN2O2. The monoisotopic (exact) mass is 284 g/mol. The molecule has 0 radical (unpaired) electrons. The molecule has 0 saturated heterocycles. The molecule has 0 atom stereocenters. The van der Waals surface area contributed by atoms with E-state index < -0.39 is 5.97 Å². The van der Waals surface area contributed by atoms with Crippen LogP contribution in [0.25, 0.3) is 5.69 Å². The largest absolute Gasteiger partial charge is 0.476 e. The van der Waals surface area contributed by atoms with Gasteiger partial charge in [-0.1, -0.05) is 0 Å². The van der Waals surface area contributed by atoms with Crippen LogP contribution >= 0.6 is 15.9 Å². The molecule has 16 heavy (non-hydrogen) atoms. The van der Waals surface area contributed by atoms with Gasteiger partial charge in [0.15, 0.2) is 5.69 Å². The van der Waals surface area contributed by atoms with Crippen molar-refractivity contribution in [3.05, 3.63) is 46.4 Å². The molecule has 1 aromatic carbocycles. The quantitative estimate of drug-likeness (QED) is 0.922. The lowest BCUT2D eigenvalue weighted by molar-refractivity contribution is 0.0689. The van der Waals surface area contributed by atoms with Crippen molar-refractivity contribution in [2.75, 3.05) is 0 Å². The highest BCUT2D eigenvalue weighted by atomic mass is 79.9. The van der Waals surface area contributed by atoms with Gasteiger partial charge in [-0.25, -0.2) is 13.9 Å². The van der Waals surface area contributed by atoms with Crippen LogP contribution in [0.3, 0.4) is 0 Å². The van der Waals surface area contributed by atoms with Crippen LogP contribution in [-0.2, 0) is 0 Å². The van der Waals surface area contributed by atoms with Crippen molar-refractivity contribution in [2.24, 2.45) is 0 Å². The number of carbonyl (C=O) groups is 1. The van der Waals surface area contributed by atoms with Gasteiger partial charge in [-0.05, 0) is 40.2 Å². The van der Waals surface area contributed by atoms with Gasteiger partial charge in [0, 0.05) is 6.20 Å². The Morgan fingerprint density at radius 2 is 2.00 bits per heavy atom. The van der Waals surface area contributed by atoms with Crippen LogP contribution in [-0.4, -0.2) is 20.9 Å². The Morgan fingerprint density at radius 1 is 1.38 bits per heavy atom. The summed E-state index contributed by atoms with van der Waals surface area (Å²) in [5.74, 6) is -1.47. The van der Waals surface area contributed by atoms with Gasteiger partial charge < -0.3 is 5.11 Å². The Kier molecular flexibility index (Phi) is 2.74. The molecule has 1 heterocycles. The highest BCUT2D eigenvalue weighted by molar-refractivity contribution is 9.10. The molecule has 2 aromatic rings. The molecule has 2 rings (SSSR count). The summed E-state index contributed by atoms with van der Waals surface area (Å²) >= 11 is 3.09. The third-order valence-corrected chi connectivity index (χ3v) is 2.54. The van der Waals surface area contributed by atoms with E-state index in [4.69, 9.17) is 5.11 Å². The fourth-order valence-electron chi connectivity index (χ4n) is 1.22. The van der Waals surface area contributed by atoms with E-state index >= 15 is 0 Å². The second kappa shape index (κ2) is 4.05. The molecule has 0 aliphatic rings. The molecule has 0 aliphatic heterocycles. The number of aromatic carboxylic acids is 1. The van der Waals surface area contributed by atoms with Gasteiger partial charge in [0.25, 0.3) is 0 Å². The third-order valence-electron chi connectivity index (χ3n) is 1.96. The number of carboxylic acids is 1. The van der Waals surface area contributed by atoms with Gasteiger partial charge in [-0.15, -0.1) is 0 Å². The molecule has 0 bridgehead atoms. The molecule has 0 aliphatic carbocycles. The molecule has 0 fully saturated rings. The maximum absolute atomic E-state index is 12.7. The minimum absolute atomic E-state index is 0.0793. The van der Waals surface area contributed by atoms with Crippen molar-refractivity contribution in [3.63, 3.8) is 0 Å². The fraction of sp³-hybridized carbons (Fsp3) is 0. The van der Waals surface area contributed by atoms with Crippen LogP contribution < -0.4 is 0 Å². The number of nitrogens with zero attached hydrogens (tertiary/aromatic N) is 2. The van der Waals surface area contributed by atoms with Crippen molar-refractivity contribution in [1.29, 1.82) is 0 Å². The van der Waals surface area contributed by atoms with Crippen molar-refractivity contribution < 1.29 is 14.3 Å². The average Bonchev–Trinajstić information content (AvgIpc) is 2.61. The minimum Gasteiger partial charge on any atom is -0.476 e. The van der Waals surface area contributed by atoms with Crippen LogP contribution in [0, 0.1) is 5.82 Å².